The van der Waals surface area contributed by atoms with Crippen LogP contribution in [0.4, 0.5) is 0 Å². The van der Waals surface area contributed by atoms with Crippen molar-refractivity contribution in [1.82, 2.24) is 0 Å². The Bertz CT molecular complexity index is 96.6. The smallest absolute Gasteiger partial charge is 0.0904 e. The number of ether oxygens (including phenoxy) is 1. The van der Waals surface area contributed by atoms with Gasteiger partial charge in [-0.15, -0.1) is 0 Å². The lowest BCUT2D eigenvalue weighted by Crippen LogP contribution is -2.14. The zero-order valence-corrected chi connectivity index (χ0v) is 5.42. The molecule has 0 aliphatic carbocycles. The minimum absolute atomic E-state index is 0.694. The fraction of sp³-hybridized carbons (Fsp3) is 0.714. The standard InChI is InChI=1S/C7H12O/c1-6-3-4-8-5-7(6)2/h3-4,6-7H,5H2,1-2H3. The number of rotatable bonds is 0. The molecule has 0 aromatic rings. The van der Waals surface area contributed by atoms with Crippen LogP contribution in [0.25, 0.3) is 0 Å². The lowest BCUT2D eigenvalue weighted by molar-refractivity contribution is 0.159. The van der Waals surface area contributed by atoms with Gasteiger partial charge in [0.2, 0.25) is 0 Å². The molecule has 46 valence electrons. The molecule has 0 spiro atoms. The molecule has 0 saturated heterocycles. The summed E-state index contributed by atoms with van der Waals surface area (Å²) >= 11 is 0. The highest BCUT2D eigenvalue weighted by molar-refractivity contribution is 4.87. The van der Waals surface area contributed by atoms with Gasteiger partial charge in [0.15, 0.2) is 0 Å². The van der Waals surface area contributed by atoms with Crippen LogP contribution < -0.4 is 0 Å². The molecule has 1 heteroatoms. The second kappa shape index (κ2) is 2.21. The van der Waals surface area contributed by atoms with Crippen LogP contribution in [0.3, 0.4) is 0 Å². The average molecular weight is 112 g/mol. The van der Waals surface area contributed by atoms with E-state index in [0.717, 1.165) is 6.61 Å². The molecular formula is C7H12O. The summed E-state index contributed by atoms with van der Waals surface area (Å²) in [6.45, 7) is 5.30. The minimum Gasteiger partial charge on any atom is -0.501 e. The minimum atomic E-state index is 0.694. The van der Waals surface area contributed by atoms with Crippen LogP contribution >= 0.6 is 0 Å². The molecule has 2 unspecified atom stereocenters. The van der Waals surface area contributed by atoms with Gasteiger partial charge in [-0.1, -0.05) is 13.8 Å². The summed E-state index contributed by atoms with van der Waals surface area (Å²) in [5.41, 5.74) is 0. The maximum atomic E-state index is 5.07. The van der Waals surface area contributed by atoms with Gasteiger partial charge in [-0.25, -0.2) is 0 Å². The van der Waals surface area contributed by atoms with Crippen LogP contribution in [-0.2, 0) is 4.74 Å². The summed E-state index contributed by atoms with van der Waals surface area (Å²) in [6.07, 6.45) is 3.90. The first-order valence-corrected chi connectivity index (χ1v) is 3.09. The molecule has 0 fully saturated rings. The van der Waals surface area contributed by atoms with E-state index < -0.39 is 0 Å². The van der Waals surface area contributed by atoms with Crippen molar-refractivity contribution >= 4 is 0 Å². The van der Waals surface area contributed by atoms with Gasteiger partial charge in [-0.05, 0) is 17.9 Å². The van der Waals surface area contributed by atoms with Crippen molar-refractivity contribution in [3.8, 4) is 0 Å². The molecule has 1 rings (SSSR count). The van der Waals surface area contributed by atoms with Crippen molar-refractivity contribution in [2.45, 2.75) is 13.8 Å². The fourth-order valence-corrected chi connectivity index (χ4v) is 0.728. The predicted molar refractivity (Wildman–Crippen MR) is 33.4 cm³/mol. The fourth-order valence-electron chi connectivity index (χ4n) is 0.728. The Balaban J connectivity index is 2.47. The van der Waals surface area contributed by atoms with E-state index in [2.05, 4.69) is 19.9 Å². The van der Waals surface area contributed by atoms with E-state index in [-0.39, 0.29) is 0 Å². The molecule has 0 aromatic heterocycles. The summed E-state index contributed by atoms with van der Waals surface area (Å²) < 4.78 is 5.07. The molecule has 1 aliphatic heterocycles. The topological polar surface area (TPSA) is 9.23 Å². The van der Waals surface area contributed by atoms with Crippen LogP contribution in [0.15, 0.2) is 12.3 Å². The van der Waals surface area contributed by atoms with Gasteiger partial charge < -0.3 is 4.74 Å². The largest absolute Gasteiger partial charge is 0.501 e. The Morgan fingerprint density at radius 2 is 2.25 bits per heavy atom. The summed E-state index contributed by atoms with van der Waals surface area (Å²) in [6, 6.07) is 0. The Labute approximate surface area is 50.3 Å². The third-order valence-corrected chi connectivity index (χ3v) is 1.74. The highest BCUT2D eigenvalue weighted by atomic mass is 16.5. The second-order valence-corrected chi connectivity index (χ2v) is 2.50. The first kappa shape index (κ1) is 5.67. The van der Waals surface area contributed by atoms with Gasteiger partial charge in [0.25, 0.3) is 0 Å². The van der Waals surface area contributed by atoms with Gasteiger partial charge in [-0.2, -0.15) is 0 Å². The first-order valence-electron chi connectivity index (χ1n) is 3.09. The second-order valence-electron chi connectivity index (χ2n) is 2.50. The maximum Gasteiger partial charge on any atom is 0.0904 e. The predicted octanol–water partition coefficient (Wildman–Crippen LogP) is 1.80. The van der Waals surface area contributed by atoms with E-state index in [4.69, 9.17) is 4.74 Å². The zero-order valence-electron chi connectivity index (χ0n) is 5.42. The maximum absolute atomic E-state index is 5.07. The van der Waals surface area contributed by atoms with Gasteiger partial charge in [0.05, 0.1) is 12.9 Å². The molecule has 0 amide bonds. The quantitative estimate of drug-likeness (QED) is 0.464. The number of hydrogen-bond acceptors (Lipinski definition) is 1. The van der Waals surface area contributed by atoms with Crippen LogP contribution in [0.5, 0.6) is 0 Å². The molecule has 8 heavy (non-hydrogen) atoms. The molecule has 0 saturated carbocycles. The van der Waals surface area contributed by atoms with Crippen molar-refractivity contribution in [1.29, 1.82) is 0 Å². The summed E-state index contributed by atoms with van der Waals surface area (Å²) in [7, 11) is 0. The third kappa shape index (κ3) is 1.03. The SMILES string of the molecule is CC1C=COCC1C. The normalized spacial score (nSPS) is 36.8. The third-order valence-electron chi connectivity index (χ3n) is 1.74. The van der Waals surface area contributed by atoms with Crippen LogP contribution in [0, 0.1) is 11.8 Å². The van der Waals surface area contributed by atoms with Gasteiger partial charge >= 0.3 is 0 Å². The monoisotopic (exact) mass is 112 g/mol. The lowest BCUT2D eigenvalue weighted by atomic mass is 9.96. The van der Waals surface area contributed by atoms with Crippen LogP contribution in [0.1, 0.15) is 13.8 Å². The van der Waals surface area contributed by atoms with Crippen LogP contribution in [-0.4, -0.2) is 6.61 Å². The van der Waals surface area contributed by atoms with E-state index in [1.807, 2.05) is 0 Å². The average Bonchev–Trinajstić information content (AvgIpc) is 1.77. The number of allylic oxidation sites excluding steroid dienone is 1. The highest BCUT2D eigenvalue weighted by Crippen LogP contribution is 2.16. The summed E-state index contributed by atoms with van der Waals surface area (Å²) in [4.78, 5) is 0. The van der Waals surface area contributed by atoms with Crippen molar-refractivity contribution in [2.24, 2.45) is 11.8 Å². The van der Waals surface area contributed by atoms with Gasteiger partial charge in [-0.3, -0.25) is 0 Å². The Morgan fingerprint density at radius 1 is 1.50 bits per heavy atom. The molecule has 2 atom stereocenters. The Kier molecular flexibility index (Phi) is 1.56. The van der Waals surface area contributed by atoms with Gasteiger partial charge in [0, 0.05) is 0 Å². The van der Waals surface area contributed by atoms with E-state index >= 15 is 0 Å². The number of hydrogen-bond donors (Lipinski definition) is 0. The summed E-state index contributed by atoms with van der Waals surface area (Å²) in [5, 5.41) is 0. The molecule has 0 N–H and O–H groups in total. The molecule has 1 aliphatic rings. The lowest BCUT2D eigenvalue weighted by Gasteiger charge is -2.19. The molecule has 0 aromatic carbocycles. The van der Waals surface area contributed by atoms with E-state index in [1.54, 1.807) is 6.26 Å². The Morgan fingerprint density at radius 3 is 2.62 bits per heavy atom. The van der Waals surface area contributed by atoms with Crippen molar-refractivity contribution in [3.63, 3.8) is 0 Å². The van der Waals surface area contributed by atoms with Crippen molar-refractivity contribution in [2.75, 3.05) is 6.61 Å². The van der Waals surface area contributed by atoms with Crippen molar-refractivity contribution in [3.05, 3.63) is 12.3 Å². The molecule has 0 radical (unpaired) electrons. The molecule has 1 heterocycles. The molecule has 1 nitrogen and oxygen atoms in total. The van der Waals surface area contributed by atoms with Crippen LogP contribution in [0.2, 0.25) is 0 Å². The first-order chi connectivity index (χ1) is 3.80. The van der Waals surface area contributed by atoms with Crippen molar-refractivity contribution < 1.29 is 4.74 Å². The molecule has 0 bridgehead atoms. The van der Waals surface area contributed by atoms with Gasteiger partial charge in [0.1, 0.15) is 0 Å². The highest BCUT2D eigenvalue weighted by Gasteiger charge is 2.11. The molecular weight excluding hydrogens is 100 g/mol. The summed E-state index contributed by atoms with van der Waals surface area (Å²) in [5.74, 6) is 1.39. The van der Waals surface area contributed by atoms with E-state index in [9.17, 15) is 0 Å². The zero-order chi connectivity index (χ0) is 5.98. The van der Waals surface area contributed by atoms with E-state index in [0.29, 0.717) is 11.8 Å². The Hall–Kier alpha value is -0.460. The van der Waals surface area contributed by atoms with E-state index in [1.165, 1.54) is 0 Å².